The van der Waals surface area contributed by atoms with E-state index in [0.717, 1.165) is 12.1 Å². The van der Waals surface area contributed by atoms with E-state index in [9.17, 15) is 27.1 Å². The molecule has 2 aromatic rings. The van der Waals surface area contributed by atoms with E-state index in [4.69, 9.17) is 0 Å². The number of aliphatic hydroxyl groups is 1. The highest BCUT2D eigenvalue weighted by Crippen LogP contribution is 2.29. The van der Waals surface area contributed by atoms with Gasteiger partial charge in [-0.3, -0.25) is 0 Å². The third-order valence-corrected chi connectivity index (χ3v) is 4.00. The lowest BCUT2D eigenvalue weighted by molar-refractivity contribution is -0.137. The summed E-state index contributed by atoms with van der Waals surface area (Å²) in [5, 5.41) is 16.2. The molecule has 1 atom stereocenters. The SMILES string of the molecule is CCNC(=NCc1ccc(C(F)(F)F)cc1)NCC(O)c1ccc(OC(F)F)cc1.I. The summed E-state index contributed by atoms with van der Waals surface area (Å²) in [7, 11) is 0. The summed E-state index contributed by atoms with van der Waals surface area (Å²) >= 11 is 0. The van der Waals surface area contributed by atoms with Gasteiger partial charge in [0.15, 0.2) is 5.96 Å². The number of nitrogens with zero attached hydrogens (tertiary/aromatic N) is 1. The van der Waals surface area contributed by atoms with E-state index in [0.29, 0.717) is 23.6 Å². The van der Waals surface area contributed by atoms with Crippen LogP contribution in [-0.4, -0.2) is 30.8 Å². The molecule has 172 valence electrons. The Hall–Kier alpha value is -2.15. The molecule has 11 heteroatoms. The van der Waals surface area contributed by atoms with E-state index in [1.165, 1.54) is 36.4 Å². The van der Waals surface area contributed by atoms with Gasteiger partial charge in [-0.15, -0.1) is 24.0 Å². The fraction of sp³-hybridized carbons (Fsp3) is 0.350. The number of rotatable bonds is 8. The standard InChI is InChI=1S/C20H22F5N3O2.HI/c1-2-26-19(27-11-13-3-7-15(8-4-13)20(23,24)25)28-12-17(29)14-5-9-16(10-6-14)30-18(21)22;/h3-10,17-18,29H,2,11-12H2,1H3,(H2,26,27,28);1H. The fourth-order valence-corrected chi connectivity index (χ4v) is 2.49. The van der Waals surface area contributed by atoms with Gasteiger partial charge in [-0.2, -0.15) is 22.0 Å². The molecule has 2 aromatic carbocycles. The average Bonchev–Trinajstić information content (AvgIpc) is 2.69. The summed E-state index contributed by atoms with van der Waals surface area (Å²) in [5.41, 5.74) is 0.353. The Morgan fingerprint density at radius 1 is 1.03 bits per heavy atom. The molecule has 5 nitrogen and oxygen atoms in total. The van der Waals surface area contributed by atoms with Gasteiger partial charge in [0, 0.05) is 13.1 Å². The van der Waals surface area contributed by atoms with Crippen LogP contribution in [0.25, 0.3) is 0 Å². The average molecular weight is 559 g/mol. The summed E-state index contributed by atoms with van der Waals surface area (Å²) in [6, 6.07) is 10.3. The van der Waals surface area contributed by atoms with Crippen molar-refractivity contribution in [2.45, 2.75) is 32.4 Å². The monoisotopic (exact) mass is 559 g/mol. The Kier molecular flexibility index (Phi) is 11.0. The Morgan fingerprint density at radius 3 is 2.16 bits per heavy atom. The molecule has 0 radical (unpaired) electrons. The van der Waals surface area contributed by atoms with Crippen LogP contribution < -0.4 is 15.4 Å². The number of ether oxygens (including phenoxy) is 1. The zero-order valence-corrected chi connectivity index (χ0v) is 18.8. The minimum Gasteiger partial charge on any atom is -0.435 e. The highest BCUT2D eigenvalue weighted by atomic mass is 127. The van der Waals surface area contributed by atoms with Crippen molar-refractivity contribution in [1.82, 2.24) is 10.6 Å². The molecule has 3 N–H and O–H groups in total. The van der Waals surface area contributed by atoms with Crippen LogP contribution in [0.15, 0.2) is 53.5 Å². The highest BCUT2D eigenvalue weighted by molar-refractivity contribution is 14.0. The van der Waals surface area contributed by atoms with E-state index < -0.39 is 24.5 Å². The number of hydrogen-bond donors (Lipinski definition) is 3. The van der Waals surface area contributed by atoms with Crippen LogP contribution in [0.3, 0.4) is 0 Å². The number of halogens is 6. The molecular formula is C20H23F5IN3O2. The van der Waals surface area contributed by atoms with E-state index in [1.807, 2.05) is 6.92 Å². The Labute approximate surface area is 193 Å². The Balaban J connectivity index is 0.00000480. The van der Waals surface area contributed by atoms with Crippen molar-refractivity contribution in [3.8, 4) is 5.75 Å². The maximum atomic E-state index is 12.6. The first kappa shape index (κ1) is 26.9. The second kappa shape index (κ2) is 12.6. The van der Waals surface area contributed by atoms with Crippen LogP contribution in [0.2, 0.25) is 0 Å². The van der Waals surface area contributed by atoms with Crippen LogP contribution in [-0.2, 0) is 12.7 Å². The molecular weight excluding hydrogens is 536 g/mol. The van der Waals surface area contributed by atoms with Crippen molar-refractivity contribution in [3.63, 3.8) is 0 Å². The van der Waals surface area contributed by atoms with Crippen LogP contribution in [0.4, 0.5) is 22.0 Å². The summed E-state index contributed by atoms with van der Waals surface area (Å²) in [6.45, 7) is -0.329. The zero-order valence-electron chi connectivity index (χ0n) is 16.5. The predicted octanol–water partition coefficient (Wildman–Crippen LogP) is 4.71. The minimum atomic E-state index is -4.39. The zero-order chi connectivity index (χ0) is 22.1. The van der Waals surface area contributed by atoms with E-state index in [-0.39, 0.29) is 42.8 Å². The smallest absolute Gasteiger partial charge is 0.416 e. The van der Waals surface area contributed by atoms with Crippen molar-refractivity contribution in [3.05, 3.63) is 65.2 Å². The van der Waals surface area contributed by atoms with Gasteiger partial charge < -0.3 is 20.5 Å². The molecule has 0 fully saturated rings. The summed E-state index contributed by atoms with van der Waals surface area (Å²) in [6.07, 6.45) is -5.33. The molecule has 0 aliphatic heterocycles. The molecule has 1 unspecified atom stereocenters. The molecule has 0 heterocycles. The molecule has 0 amide bonds. The molecule has 2 rings (SSSR count). The van der Waals surface area contributed by atoms with Crippen molar-refractivity contribution in [1.29, 1.82) is 0 Å². The molecule has 0 spiro atoms. The lowest BCUT2D eigenvalue weighted by atomic mass is 10.1. The lowest BCUT2D eigenvalue weighted by Crippen LogP contribution is -2.39. The largest absolute Gasteiger partial charge is 0.435 e. The van der Waals surface area contributed by atoms with Crippen LogP contribution in [0.5, 0.6) is 5.75 Å². The van der Waals surface area contributed by atoms with Gasteiger partial charge in [0.05, 0.1) is 18.2 Å². The highest BCUT2D eigenvalue weighted by Gasteiger charge is 2.29. The number of benzene rings is 2. The van der Waals surface area contributed by atoms with Crippen LogP contribution in [0, 0.1) is 0 Å². The molecule has 0 saturated heterocycles. The normalized spacial score (nSPS) is 12.8. The number of hydrogen-bond acceptors (Lipinski definition) is 3. The van der Waals surface area contributed by atoms with Gasteiger partial charge in [0.1, 0.15) is 5.75 Å². The lowest BCUT2D eigenvalue weighted by Gasteiger charge is -2.16. The van der Waals surface area contributed by atoms with Gasteiger partial charge in [-0.05, 0) is 42.3 Å². The van der Waals surface area contributed by atoms with Gasteiger partial charge >= 0.3 is 12.8 Å². The number of aliphatic imine (C=N–C) groups is 1. The van der Waals surface area contributed by atoms with Gasteiger partial charge in [0.2, 0.25) is 0 Å². The van der Waals surface area contributed by atoms with Crippen molar-refractivity contribution < 1.29 is 31.8 Å². The molecule has 31 heavy (non-hydrogen) atoms. The Bertz CT molecular complexity index is 815. The third-order valence-electron chi connectivity index (χ3n) is 4.00. The third kappa shape index (κ3) is 9.25. The topological polar surface area (TPSA) is 65.9 Å². The summed E-state index contributed by atoms with van der Waals surface area (Å²) in [4.78, 5) is 4.29. The number of alkyl halides is 5. The van der Waals surface area contributed by atoms with E-state index in [1.54, 1.807) is 0 Å². The molecule has 0 aliphatic rings. The van der Waals surface area contributed by atoms with Gasteiger partial charge in [-0.1, -0.05) is 24.3 Å². The maximum absolute atomic E-state index is 12.6. The number of guanidine groups is 1. The first-order chi connectivity index (χ1) is 14.2. The van der Waals surface area contributed by atoms with E-state index >= 15 is 0 Å². The van der Waals surface area contributed by atoms with Crippen LogP contribution in [0.1, 0.15) is 29.7 Å². The molecule has 0 saturated carbocycles. The summed E-state index contributed by atoms with van der Waals surface area (Å²) in [5.74, 6) is 0.356. The predicted molar refractivity (Wildman–Crippen MR) is 118 cm³/mol. The van der Waals surface area contributed by atoms with Gasteiger partial charge in [0.25, 0.3) is 0 Å². The maximum Gasteiger partial charge on any atom is 0.416 e. The molecule has 0 aliphatic carbocycles. The summed E-state index contributed by atoms with van der Waals surface area (Å²) < 4.78 is 66.5. The molecule has 0 aromatic heterocycles. The number of aliphatic hydroxyl groups excluding tert-OH is 1. The van der Waals surface area contributed by atoms with Crippen LogP contribution >= 0.6 is 24.0 Å². The Morgan fingerprint density at radius 2 is 1.65 bits per heavy atom. The quantitative estimate of drug-likeness (QED) is 0.190. The minimum absolute atomic E-state index is 0. The first-order valence-electron chi connectivity index (χ1n) is 9.10. The van der Waals surface area contributed by atoms with Gasteiger partial charge in [-0.25, -0.2) is 4.99 Å². The van der Waals surface area contributed by atoms with E-state index in [2.05, 4.69) is 20.4 Å². The van der Waals surface area contributed by atoms with Crippen molar-refractivity contribution in [2.24, 2.45) is 4.99 Å². The van der Waals surface area contributed by atoms with Crippen molar-refractivity contribution in [2.75, 3.05) is 13.1 Å². The fourth-order valence-electron chi connectivity index (χ4n) is 2.49. The molecule has 0 bridgehead atoms. The second-order valence-electron chi connectivity index (χ2n) is 6.23. The second-order valence-corrected chi connectivity index (χ2v) is 6.23. The first-order valence-corrected chi connectivity index (χ1v) is 9.10. The van der Waals surface area contributed by atoms with Crippen molar-refractivity contribution >= 4 is 29.9 Å². The number of nitrogens with one attached hydrogen (secondary N) is 2.